The van der Waals surface area contributed by atoms with E-state index in [1.807, 2.05) is 0 Å². The van der Waals surface area contributed by atoms with Crippen molar-refractivity contribution in [3.63, 3.8) is 0 Å². The number of halogens is 3. The molecule has 1 heterocycles. The molecule has 0 aliphatic heterocycles. The van der Waals surface area contributed by atoms with Gasteiger partial charge in [-0.15, -0.1) is 0 Å². The second-order valence-corrected chi connectivity index (χ2v) is 5.81. The van der Waals surface area contributed by atoms with Crippen molar-refractivity contribution in [2.75, 3.05) is 20.6 Å². The molecule has 0 saturated carbocycles. The molecule has 0 saturated heterocycles. The molecule has 1 rings (SSSR count). The summed E-state index contributed by atoms with van der Waals surface area (Å²) in [6.07, 6.45) is -3.39. The van der Waals surface area contributed by atoms with Crippen LogP contribution in [0, 0.1) is 0 Å². The van der Waals surface area contributed by atoms with Crippen LogP contribution in [0.3, 0.4) is 0 Å². The molecule has 0 spiro atoms. The average Bonchev–Trinajstić information content (AvgIpc) is 2.64. The predicted octanol–water partition coefficient (Wildman–Crippen LogP) is 0.917. The van der Waals surface area contributed by atoms with Crippen molar-refractivity contribution in [3.05, 3.63) is 18.0 Å². The molecule has 0 unspecified atom stereocenters. The molecule has 0 aliphatic carbocycles. The number of hydrogen-bond acceptors (Lipinski definition) is 3. The van der Waals surface area contributed by atoms with Crippen molar-refractivity contribution in [2.45, 2.75) is 17.6 Å². The second kappa shape index (κ2) is 5.29. The van der Waals surface area contributed by atoms with Gasteiger partial charge in [0.05, 0.1) is 4.90 Å². The lowest BCUT2D eigenvalue weighted by Crippen LogP contribution is -2.35. The Balaban J connectivity index is 2.91. The Labute approximate surface area is 103 Å². The van der Waals surface area contributed by atoms with E-state index in [9.17, 15) is 21.6 Å². The third-order valence-electron chi connectivity index (χ3n) is 2.19. The first-order chi connectivity index (χ1) is 8.16. The van der Waals surface area contributed by atoms with Crippen molar-refractivity contribution >= 4 is 10.0 Å². The Morgan fingerprint density at radius 2 is 2.06 bits per heavy atom. The highest BCUT2D eigenvalue weighted by Crippen LogP contribution is 2.21. The Hall–Kier alpha value is -1.06. The van der Waals surface area contributed by atoms with Crippen LogP contribution in [-0.4, -0.2) is 44.5 Å². The summed E-state index contributed by atoms with van der Waals surface area (Å²) < 4.78 is 60.4. The normalized spacial score (nSPS) is 13.2. The van der Waals surface area contributed by atoms with Crippen LogP contribution in [-0.2, 0) is 16.6 Å². The highest BCUT2D eigenvalue weighted by molar-refractivity contribution is 7.89. The van der Waals surface area contributed by atoms with Crippen LogP contribution >= 0.6 is 0 Å². The zero-order valence-electron chi connectivity index (χ0n) is 9.87. The summed E-state index contributed by atoms with van der Waals surface area (Å²) in [6.45, 7) is -1.11. The van der Waals surface area contributed by atoms with Gasteiger partial charge in [-0.25, -0.2) is 8.42 Å². The smallest absolute Gasteiger partial charge is 0.363 e. The van der Waals surface area contributed by atoms with Crippen LogP contribution in [0.25, 0.3) is 0 Å². The number of nitrogens with zero attached hydrogens (tertiary/aromatic N) is 1. The first kappa shape index (κ1) is 15.0. The number of aromatic nitrogens is 1. The predicted molar refractivity (Wildman–Crippen MR) is 59.4 cm³/mol. The molecule has 104 valence electrons. The number of sulfonamides is 1. The van der Waals surface area contributed by atoms with Crippen LogP contribution in [0.5, 0.6) is 0 Å². The molecule has 9 heteroatoms. The Morgan fingerprint density at radius 1 is 1.44 bits per heavy atom. The van der Waals surface area contributed by atoms with Crippen molar-refractivity contribution < 1.29 is 21.6 Å². The minimum atomic E-state index is -4.56. The number of H-pyrrole nitrogens is 1. The van der Waals surface area contributed by atoms with Crippen LogP contribution in [0.1, 0.15) is 5.69 Å². The summed E-state index contributed by atoms with van der Waals surface area (Å²) in [6, 6.07) is 1.30. The van der Waals surface area contributed by atoms with Crippen molar-refractivity contribution in [2.24, 2.45) is 0 Å². The van der Waals surface area contributed by atoms with Crippen molar-refractivity contribution in [3.8, 4) is 0 Å². The SMILES string of the molecule is CNCc1cc(S(=O)(=O)N(C)CC(F)(F)F)c[nH]1. The Bertz CT molecular complexity index is 495. The summed E-state index contributed by atoms with van der Waals surface area (Å²) in [5.41, 5.74) is 0.580. The van der Waals surface area contributed by atoms with E-state index < -0.39 is 22.7 Å². The number of aromatic amines is 1. The van der Waals surface area contributed by atoms with E-state index in [2.05, 4.69) is 10.3 Å². The quantitative estimate of drug-likeness (QED) is 0.845. The summed E-state index contributed by atoms with van der Waals surface area (Å²) in [5.74, 6) is 0. The largest absolute Gasteiger partial charge is 0.402 e. The number of hydrogen-bond donors (Lipinski definition) is 2. The summed E-state index contributed by atoms with van der Waals surface area (Å²) in [7, 11) is -1.55. The lowest BCUT2D eigenvalue weighted by atomic mass is 10.4. The third kappa shape index (κ3) is 3.72. The lowest BCUT2D eigenvalue weighted by molar-refractivity contribution is -0.134. The minimum absolute atomic E-state index is 0.181. The summed E-state index contributed by atoms with van der Waals surface area (Å²) in [4.78, 5) is 2.50. The van der Waals surface area contributed by atoms with Gasteiger partial charge in [-0.05, 0) is 13.1 Å². The van der Waals surface area contributed by atoms with Gasteiger partial charge in [0, 0.05) is 25.5 Å². The first-order valence-electron chi connectivity index (χ1n) is 5.02. The lowest BCUT2D eigenvalue weighted by Gasteiger charge is -2.17. The van der Waals surface area contributed by atoms with Crippen molar-refractivity contribution in [1.29, 1.82) is 0 Å². The number of nitrogens with one attached hydrogen (secondary N) is 2. The van der Waals surface area contributed by atoms with E-state index in [1.54, 1.807) is 7.05 Å². The number of alkyl halides is 3. The highest BCUT2D eigenvalue weighted by Gasteiger charge is 2.35. The zero-order chi connectivity index (χ0) is 14.0. The van der Waals surface area contributed by atoms with Crippen LogP contribution in [0.2, 0.25) is 0 Å². The molecule has 1 aromatic rings. The van der Waals surface area contributed by atoms with Gasteiger partial charge in [0.2, 0.25) is 10.0 Å². The van der Waals surface area contributed by atoms with E-state index >= 15 is 0 Å². The maximum atomic E-state index is 12.2. The molecule has 0 bridgehead atoms. The van der Waals surface area contributed by atoms with E-state index in [-0.39, 0.29) is 9.20 Å². The fraction of sp³-hybridized carbons (Fsp3) is 0.556. The molecule has 0 aromatic carbocycles. The molecule has 0 fully saturated rings. The average molecular weight is 285 g/mol. The molecule has 18 heavy (non-hydrogen) atoms. The van der Waals surface area contributed by atoms with Crippen LogP contribution in [0.15, 0.2) is 17.2 Å². The molecule has 0 atom stereocenters. The van der Waals surface area contributed by atoms with Gasteiger partial charge >= 0.3 is 6.18 Å². The molecule has 0 aliphatic rings. The minimum Gasteiger partial charge on any atom is -0.363 e. The summed E-state index contributed by atoms with van der Waals surface area (Å²) >= 11 is 0. The highest BCUT2D eigenvalue weighted by atomic mass is 32.2. The maximum Gasteiger partial charge on any atom is 0.402 e. The zero-order valence-corrected chi connectivity index (χ0v) is 10.7. The Kier molecular flexibility index (Phi) is 4.41. The molecule has 1 aromatic heterocycles. The molecular weight excluding hydrogens is 271 g/mol. The molecule has 0 radical (unpaired) electrons. The monoisotopic (exact) mass is 285 g/mol. The van der Waals surface area contributed by atoms with E-state index in [0.29, 0.717) is 12.2 Å². The van der Waals surface area contributed by atoms with E-state index in [4.69, 9.17) is 0 Å². The van der Waals surface area contributed by atoms with Gasteiger partial charge < -0.3 is 10.3 Å². The third-order valence-corrected chi connectivity index (χ3v) is 3.97. The van der Waals surface area contributed by atoms with Crippen LogP contribution < -0.4 is 5.32 Å². The molecule has 0 amide bonds. The topological polar surface area (TPSA) is 65.2 Å². The van der Waals surface area contributed by atoms with Gasteiger partial charge in [-0.3, -0.25) is 0 Å². The molecule has 2 N–H and O–H groups in total. The van der Waals surface area contributed by atoms with Gasteiger partial charge in [0.1, 0.15) is 6.54 Å². The van der Waals surface area contributed by atoms with Gasteiger partial charge in [0.25, 0.3) is 0 Å². The Morgan fingerprint density at radius 3 is 2.56 bits per heavy atom. The van der Waals surface area contributed by atoms with E-state index in [0.717, 1.165) is 7.05 Å². The molecular formula is C9H14F3N3O2S. The second-order valence-electron chi connectivity index (χ2n) is 3.77. The van der Waals surface area contributed by atoms with Gasteiger partial charge in [0.15, 0.2) is 0 Å². The van der Waals surface area contributed by atoms with Crippen LogP contribution in [0.4, 0.5) is 13.2 Å². The fourth-order valence-electron chi connectivity index (χ4n) is 1.38. The van der Waals surface area contributed by atoms with E-state index in [1.165, 1.54) is 12.3 Å². The van der Waals surface area contributed by atoms with Gasteiger partial charge in [-0.1, -0.05) is 0 Å². The summed E-state index contributed by atoms with van der Waals surface area (Å²) in [5, 5.41) is 2.80. The fourth-order valence-corrected chi connectivity index (χ4v) is 2.55. The first-order valence-corrected chi connectivity index (χ1v) is 6.46. The number of rotatable bonds is 5. The van der Waals surface area contributed by atoms with Gasteiger partial charge in [-0.2, -0.15) is 17.5 Å². The molecule has 5 nitrogen and oxygen atoms in total. The maximum absolute atomic E-state index is 12.2. The standard InChI is InChI=1S/C9H14F3N3O2S/c1-13-4-7-3-8(5-14-7)18(16,17)15(2)6-9(10,11)12/h3,5,13-14H,4,6H2,1-2H3. The van der Waals surface area contributed by atoms with Crippen molar-refractivity contribution in [1.82, 2.24) is 14.6 Å².